The first-order valence-electron chi connectivity index (χ1n) is 9.21. The lowest BCUT2D eigenvalue weighted by Crippen LogP contribution is -2.49. The maximum Gasteiger partial charge on any atom is 0.325 e. The average molecular weight is 384 g/mol. The summed E-state index contributed by atoms with van der Waals surface area (Å²) in [6.07, 6.45) is 4.99. The van der Waals surface area contributed by atoms with Gasteiger partial charge in [0.25, 0.3) is 0 Å². The molecule has 2 heterocycles. The Kier molecular flexibility index (Phi) is 6.38. The summed E-state index contributed by atoms with van der Waals surface area (Å²) in [5.74, 6) is -0.0906. The monoisotopic (exact) mass is 384 g/mol. The molecule has 0 bridgehead atoms. The lowest BCUT2D eigenvalue weighted by Gasteiger charge is -2.38. The van der Waals surface area contributed by atoms with Crippen molar-refractivity contribution in [1.82, 2.24) is 20.2 Å². The Morgan fingerprint density at radius 2 is 1.86 bits per heavy atom. The number of aliphatic carboxylic acids is 1. The van der Waals surface area contributed by atoms with Gasteiger partial charge in [0.2, 0.25) is 0 Å². The highest BCUT2D eigenvalue weighted by Crippen LogP contribution is 2.25. The van der Waals surface area contributed by atoms with E-state index in [1.807, 2.05) is 11.8 Å². The summed E-state index contributed by atoms with van der Waals surface area (Å²) < 4.78 is 0. The van der Waals surface area contributed by atoms with Gasteiger partial charge in [-0.25, -0.2) is 9.78 Å². The number of hydrogen-bond donors (Lipinski definition) is 3. The van der Waals surface area contributed by atoms with Crippen molar-refractivity contribution in [2.45, 2.75) is 13.0 Å². The molecule has 9 nitrogen and oxygen atoms in total. The summed E-state index contributed by atoms with van der Waals surface area (Å²) in [6.45, 7) is 4.94. The third kappa shape index (κ3) is 4.74. The second-order valence-corrected chi connectivity index (χ2v) is 6.43. The van der Waals surface area contributed by atoms with Gasteiger partial charge < -0.3 is 20.6 Å². The molecule has 0 saturated carbocycles. The van der Waals surface area contributed by atoms with Crippen molar-refractivity contribution < 1.29 is 14.7 Å². The maximum atomic E-state index is 11.9. The molecule has 1 aromatic carbocycles. The number of hydrogen-bond acceptors (Lipinski definition) is 6. The zero-order valence-corrected chi connectivity index (χ0v) is 15.7. The number of carbonyl (C=O) groups excluding carboxylic acids is 1. The van der Waals surface area contributed by atoms with Gasteiger partial charge in [0, 0.05) is 50.8 Å². The fraction of sp³-hybridized carbons (Fsp3) is 0.368. The minimum absolute atomic E-state index is 0.287. The van der Waals surface area contributed by atoms with Gasteiger partial charge in [-0.05, 0) is 24.6 Å². The summed E-state index contributed by atoms with van der Waals surface area (Å²) in [4.78, 5) is 36.0. The van der Waals surface area contributed by atoms with Crippen LogP contribution >= 0.6 is 0 Å². The van der Waals surface area contributed by atoms with E-state index in [9.17, 15) is 14.7 Å². The van der Waals surface area contributed by atoms with Crippen molar-refractivity contribution in [3.8, 4) is 0 Å². The van der Waals surface area contributed by atoms with E-state index in [0.717, 1.165) is 5.82 Å². The highest BCUT2D eigenvalue weighted by Gasteiger charge is 2.30. The van der Waals surface area contributed by atoms with Gasteiger partial charge in [0.1, 0.15) is 11.9 Å². The Bertz CT molecular complexity index is 791. The van der Waals surface area contributed by atoms with E-state index in [1.54, 1.807) is 42.9 Å². The van der Waals surface area contributed by atoms with Crippen LogP contribution in [0, 0.1) is 0 Å². The van der Waals surface area contributed by atoms with E-state index in [1.165, 1.54) is 0 Å². The number of carbonyl (C=O) groups is 2. The Balaban J connectivity index is 1.65. The van der Waals surface area contributed by atoms with E-state index in [-0.39, 0.29) is 6.03 Å². The molecule has 1 aliphatic heterocycles. The number of benzene rings is 1. The van der Waals surface area contributed by atoms with Crippen LogP contribution < -0.4 is 15.5 Å². The largest absolute Gasteiger partial charge is 0.480 e. The second kappa shape index (κ2) is 9.14. The van der Waals surface area contributed by atoms with E-state index in [0.29, 0.717) is 44.0 Å². The number of carboxylic acid groups (broad SMARTS) is 1. The number of amides is 2. The summed E-state index contributed by atoms with van der Waals surface area (Å²) in [7, 11) is 0. The molecule has 0 aliphatic carbocycles. The molecule has 28 heavy (non-hydrogen) atoms. The Hall–Kier alpha value is -3.20. The molecular formula is C19H24N6O3. The van der Waals surface area contributed by atoms with Gasteiger partial charge in [-0.1, -0.05) is 12.1 Å². The highest BCUT2D eigenvalue weighted by atomic mass is 16.4. The first-order chi connectivity index (χ1) is 13.6. The van der Waals surface area contributed by atoms with Gasteiger partial charge in [-0.2, -0.15) is 0 Å². The van der Waals surface area contributed by atoms with Crippen LogP contribution in [-0.2, 0) is 4.79 Å². The van der Waals surface area contributed by atoms with Crippen LogP contribution in [0.3, 0.4) is 0 Å². The van der Waals surface area contributed by atoms with Gasteiger partial charge >= 0.3 is 12.0 Å². The van der Waals surface area contributed by atoms with Gasteiger partial charge in [-0.3, -0.25) is 14.7 Å². The molecule has 148 valence electrons. The Labute approximate surface area is 163 Å². The summed E-state index contributed by atoms with van der Waals surface area (Å²) >= 11 is 0. The quantitative estimate of drug-likeness (QED) is 0.693. The molecule has 2 amide bonds. The van der Waals surface area contributed by atoms with Crippen LogP contribution in [0.5, 0.6) is 0 Å². The molecular weight excluding hydrogens is 360 g/mol. The fourth-order valence-electron chi connectivity index (χ4n) is 3.26. The van der Waals surface area contributed by atoms with Crippen molar-refractivity contribution in [3.63, 3.8) is 0 Å². The molecule has 0 radical (unpaired) electrons. The molecule has 1 saturated heterocycles. The first-order valence-corrected chi connectivity index (χ1v) is 9.21. The summed E-state index contributed by atoms with van der Waals surface area (Å²) in [6, 6.07) is 5.91. The lowest BCUT2D eigenvalue weighted by atomic mass is 10.0. The smallest absolute Gasteiger partial charge is 0.325 e. The van der Waals surface area contributed by atoms with Gasteiger partial charge in [0.15, 0.2) is 0 Å². The number of anilines is 2. The van der Waals surface area contributed by atoms with Crippen LogP contribution in [0.1, 0.15) is 18.5 Å². The van der Waals surface area contributed by atoms with Crippen LogP contribution in [0.4, 0.5) is 16.3 Å². The zero-order chi connectivity index (χ0) is 19.9. The van der Waals surface area contributed by atoms with Crippen LogP contribution in [0.15, 0.2) is 42.9 Å². The van der Waals surface area contributed by atoms with Crippen LogP contribution in [0.2, 0.25) is 0 Å². The summed E-state index contributed by atoms with van der Waals surface area (Å²) in [5.41, 5.74) is 1.30. The molecule has 1 aliphatic rings. The SMILES string of the molecule is CCNC(=O)Nc1ccc([C@H](C(=O)O)N2CCN(c3cnccn3)CC2)cc1. The van der Waals surface area contributed by atoms with Crippen molar-refractivity contribution in [1.29, 1.82) is 0 Å². The number of nitrogens with zero attached hydrogens (tertiary/aromatic N) is 4. The molecule has 1 fully saturated rings. The standard InChI is InChI=1S/C19H24N6O3/c1-2-21-19(28)23-15-5-3-14(4-6-15)17(18(26)27)25-11-9-24(10-12-25)16-13-20-7-8-22-16/h3-8,13,17H,2,9-12H2,1H3,(H,26,27)(H2,21,23,28)/t17-/m1/s1. The third-order valence-electron chi connectivity index (χ3n) is 4.61. The number of urea groups is 1. The second-order valence-electron chi connectivity index (χ2n) is 6.43. The van der Waals surface area contributed by atoms with E-state index >= 15 is 0 Å². The van der Waals surface area contributed by atoms with Gasteiger partial charge in [0.05, 0.1) is 6.20 Å². The molecule has 2 aromatic rings. The van der Waals surface area contributed by atoms with Crippen LogP contribution in [-0.4, -0.2) is 64.7 Å². The Morgan fingerprint density at radius 3 is 2.43 bits per heavy atom. The molecule has 0 spiro atoms. The van der Waals surface area contributed by atoms with Crippen molar-refractivity contribution in [3.05, 3.63) is 48.4 Å². The highest BCUT2D eigenvalue weighted by molar-refractivity contribution is 5.89. The normalized spacial score (nSPS) is 15.7. The lowest BCUT2D eigenvalue weighted by molar-refractivity contribution is -0.143. The van der Waals surface area contributed by atoms with E-state index < -0.39 is 12.0 Å². The number of nitrogens with one attached hydrogen (secondary N) is 2. The molecule has 9 heteroatoms. The van der Waals surface area contributed by atoms with Gasteiger partial charge in [-0.15, -0.1) is 0 Å². The zero-order valence-electron chi connectivity index (χ0n) is 15.7. The Morgan fingerprint density at radius 1 is 1.14 bits per heavy atom. The molecule has 0 unspecified atom stereocenters. The molecule has 3 rings (SSSR count). The summed E-state index contributed by atoms with van der Waals surface area (Å²) in [5, 5.41) is 15.2. The number of piperazine rings is 1. The minimum atomic E-state index is -0.891. The third-order valence-corrected chi connectivity index (χ3v) is 4.61. The predicted octanol–water partition coefficient (Wildman–Crippen LogP) is 1.57. The number of rotatable bonds is 6. The van der Waals surface area contributed by atoms with Crippen molar-refractivity contribution in [2.24, 2.45) is 0 Å². The van der Waals surface area contributed by atoms with Crippen LogP contribution in [0.25, 0.3) is 0 Å². The average Bonchev–Trinajstić information content (AvgIpc) is 2.71. The van der Waals surface area contributed by atoms with E-state index in [2.05, 4.69) is 25.5 Å². The topological polar surface area (TPSA) is 111 Å². The van der Waals surface area contributed by atoms with Crippen molar-refractivity contribution in [2.75, 3.05) is 42.9 Å². The van der Waals surface area contributed by atoms with Crippen molar-refractivity contribution >= 4 is 23.5 Å². The fourth-order valence-corrected chi connectivity index (χ4v) is 3.26. The molecule has 1 aromatic heterocycles. The molecule has 1 atom stereocenters. The number of aromatic nitrogens is 2. The minimum Gasteiger partial charge on any atom is -0.480 e. The predicted molar refractivity (Wildman–Crippen MR) is 105 cm³/mol. The molecule has 3 N–H and O–H groups in total. The maximum absolute atomic E-state index is 11.9. The van der Waals surface area contributed by atoms with E-state index in [4.69, 9.17) is 0 Å². The first kappa shape index (κ1) is 19.6. The number of carboxylic acids is 1.